The van der Waals surface area contributed by atoms with Crippen molar-refractivity contribution in [1.29, 1.82) is 0 Å². The number of carbonyl (C=O) groups excluding carboxylic acids is 1. The third-order valence-corrected chi connectivity index (χ3v) is 4.21. The summed E-state index contributed by atoms with van der Waals surface area (Å²) < 4.78 is 5.73. The molecular formula is C17H25ClN2O2. The molecule has 2 N–H and O–H groups in total. The average Bonchev–Trinajstić information content (AvgIpc) is 2.54. The minimum atomic E-state index is -0.344. The van der Waals surface area contributed by atoms with Crippen molar-refractivity contribution >= 4 is 17.7 Å². The molecule has 1 amide bonds. The molecule has 22 heavy (non-hydrogen) atoms. The van der Waals surface area contributed by atoms with Gasteiger partial charge in [-0.25, -0.2) is 4.79 Å². The van der Waals surface area contributed by atoms with Gasteiger partial charge in [-0.3, -0.25) is 0 Å². The highest BCUT2D eigenvalue weighted by Crippen LogP contribution is 2.32. The fourth-order valence-corrected chi connectivity index (χ4v) is 2.98. The lowest BCUT2D eigenvalue weighted by atomic mass is 9.89. The number of alkyl carbamates (subject to hydrolysis) is 1. The summed E-state index contributed by atoms with van der Waals surface area (Å²) in [5, 5.41) is 6.87. The number of rotatable bonds is 6. The predicted molar refractivity (Wildman–Crippen MR) is 89.2 cm³/mol. The molecule has 0 aromatic heterocycles. The van der Waals surface area contributed by atoms with Crippen LogP contribution in [0, 0.1) is 5.92 Å². The Balaban J connectivity index is 2.05. The quantitative estimate of drug-likeness (QED) is 0.780. The third kappa shape index (κ3) is 5.18. The fourth-order valence-electron chi connectivity index (χ4n) is 2.78. The van der Waals surface area contributed by atoms with E-state index in [2.05, 4.69) is 17.6 Å². The summed E-state index contributed by atoms with van der Waals surface area (Å²) in [6, 6.07) is 7.60. The van der Waals surface area contributed by atoms with Crippen molar-refractivity contribution in [2.45, 2.75) is 38.7 Å². The maximum absolute atomic E-state index is 12.0. The Bertz CT molecular complexity index is 475. The molecule has 1 aromatic carbocycles. The van der Waals surface area contributed by atoms with E-state index >= 15 is 0 Å². The summed E-state index contributed by atoms with van der Waals surface area (Å²) in [7, 11) is 0. The standard InChI is InChI=1S/C17H25ClN2O2/c1-2-3-10-20-17(21)22-16(14-7-5-9-19-12-14)13-6-4-8-15(18)11-13/h4,6,8,11,14,16,19H,2-3,5,7,9-10,12H2,1H3,(H,20,21)/t14-,16+/m1/s1. The zero-order valence-electron chi connectivity index (χ0n) is 13.1. The minimum absolute atomic E-state index is 0.256. The van der Waals surface area contributed by atoms with Gasteiger partial charge in [-0.05, 0) is 43.5 Å². The number of hydrogen-bond donors (Lipinski definition) is 2. The molecule has 2 atom stereocenters. The van der Waals surface area contributed by atoms with E-state index in [4.69, 9.17) is 16.3 Å². The first-order chi connectivity index (χ1) is 10.7. The number of benzene rings is 1. The van der Waals surface area contributed by atoms with Crippen LogP contribution in [-0.4, -0.2) is 25.7 Å². The van der Waals surface area contributed by atoms with Crippen molar-refractivity contribution in [2.24, 2.45) is 5.92 Å². The average molecular weight is 325 g/mol. The monoisotopic (exact) mass is 324 g/mol. The molecule has 0 spiro atoms. The van der Waals surface area contributed by atoms with Crippen LogP contribution in [0.5, 0.6) is 0 Å². The number of ether oxygens (including phenoxy) is 1. The number of hydrogen-bond acceptors (Lipinski definition) is 3. The SMILES string of the molecule is CCCCNC(=O)O[C@@H](c1cccc(Cl)c1)[C@@H]1CCCNC1. The molecule has 0 radical (unpaired) electrons. The summed E-state index contributed by atoms with van der Waals surface area (Å²) in [5.74, 6) is 0.282. The second kappa shape index (κ2) is 9.01. The molecular weight excluding hydrogens is 300 g/mol. The number of piperidine rings is 1. The predicted octanol–water partition coefficient (Wildman–Crippen LogP) is 3.91. The highest BCUT2D eigenvalue weighted by molar-refractivity contribution is 6.30. The molecule has 0 bridgehead atoms. The Labute approximate surface area is 137 Å². The summed E-state index contributed by atoms with van der Waals surface area (Å²) in [4.78, 5) is 12.0. The number of carbonyl (C=O) groups is 1. The van der Waals surface area contributed by atoms with Gasteiger partial charge in [-0.2, -0.15) is 0 Å². The first-order valence-corrected chi connectivity index (χ1v) is 8.49. The first-order valence-electron chi connectivity index (χ1n) is 8.11. The maximum atomic E-state index is 12.0. The van der Waals surface area contributed by atoms with Crippen molar-refractivity contribution in [3.05, 3.63) is 34.9 Å². The summed E-state index contributed by atoms with van der Waals surface area (Å²) in [6.45, 7) is 4.64. The number of unbranched alkanes of at least 4 members (excludes halogenated alkanes) is 1. The van der Waals surface area contributed by atoms with Gasteiger partial charge in [0.05, 0.1) is 0 Å². The van der Waals surface area contributed by atoms with Gasteiger partial charge >= 0.3 is 6.09 Å². The molecule has 0 aliphatic carbocycles. The van der Waals surface area contributed by atoms with Crippen LogP contribution in [0.25, 0.3) is 0 Å². The Morgan fingerprint density at radius 2 is 2.41 bits per heavy atom. The zero-order chi connectivity index (χ0) is 15.8. The maximum Gasteiger partial charge on any atom is 0.407 e. The molecule has 0 saturated carbocycles. The van der Waals surface area contributed by atoms with E-state index in [1.807, 2.05) is 24.3 Å². The molecule has 122 valence electrons. The van der Waals surface area contributed by atoms with Crippen LogP contribution >= 0.6 is 11.6 Å². The van der Waals surface area contributed by atoms with Gasteiger partial charge in [0, 0.05) is 24.0 Å². The molecule has 1 saturated heterocycles. The van der Waals surface area contributed by atoms with Gasteiger partial charge in [-0.15, -0.1) is 0 Å². The molecule has 4 nitrogen and oxygen atoms in total. The molecule has 1 heterocycles. The van der Waals surface area contributed by atoms with Crippen LogP contribution in [-0.2, 0) is 4.74 Å². The molecule has 0 unspecified atom stereocenters. The number of amides is 1. The van der Waals surface area contributed by atoms with Crippen LogP contribution in [0.3, 0.4) is 0 Å². The summed E-state index contributed by atoms with van der Waals surface area (Å²) in [6.07, 6.45) is 3.55. The van der Waals surface area contributed by atoms with E-state index in [-0.39, 0.29) is 18.1 Å². The zero-order valence-corrected chi connectivity index (χ0v) is 13.9. The Kier molecular flexibility index (Phi) is 7.00. The second-order valence-electron chi connectivity index (χ2n) is 5.77. The van der Waals surface area contributed by atoms with Crippen LogP contribution < -0.4 is 10.6 Å². The molecule has 5 heteroatoms. The van der Waals surface area contributed by atoms with E-state index in [0.29, 0.717) is 11.6 Å². The molecule has 1 aliphatic heterocycles. The van der Waals surface area contributed by atoms with Gasteiger partial charge in [0.25, 0.3) is 0 Å². The van der Waals surface area contributed by atoms with E-state index in [1.165, 1.54) is 0 Å². The normalized spacial score (nSPS) is 19.5. The van der Waals surface area contributed by atoms with Crippen molar-refractivity contribution in [2.75, 3.05) is 19.6 Å². The first kappa shape index (κ1) is 17.1. The van der Waals surface area contributed by atoms with Crippen LogP contribution in [0.2, 0.25) is 5.02 Å². The van der Waals surface area contributed by atoms with Crippen molar-refractivity contribution in [1.82, 2.24) is 10.6 Å². The van der Waals surface area contributed by atoms with E-state index in [1.54, 1.807) is 0 Å². The van der Waals surface area contributed by atoms with Crippen LogP contribution in [0.15, 0.2) is 24.3 Å². The third-order valence-electron chi connectivity index (χ3n) is 3.97. The van der Waals surface area contributed by atoms with Crippen LogP contribution in [0.4, 0.5) is 4.79 Å². The number of halogens is 1. The van der Waals surface area contributed by atoms with E-state index in [9.17, 15) is 4.79 Å². The Morgan fingerprint density at radius 3 is 3.09 bits per heavy atom. The van der Waals surface area contributed by atoms with Gasteiger partial charge in [0.1, 0.15) is 6.10 Å². The molecule has 1 fully saturated rings. The minimum Gasteiger partial charge on any atom is -0.441 e. The Morgan fingerprint density at radius 1 is 1.55 bits per heavy atom. The Hall–Kier alpha value is -1.26. The van der Waals surface area contributed by atoms with E-state index < -0.39 is 0 Å². The largest absolute Gasteiger partial charge is 0.441 e. The van der Waals surface area contributed by atoms with Crippen molar-refractivity contribution < 1.29 is 9.53 Å². The lowest BCUT2D eigenvalue weighted by Crippen LogP contribution is -2.36. The molecule has 1 aromatic rings. The van der Waals surface area contributed by atoms with Gasteiger partial charge in [0.15, 0.2) is 0 Å². The van der Waals surface area contributed by atoms with Gasteiger partial charge in [0.2, 0.25) is 0 Å². The molecule has 1 aliphatic rings. The van der Waals surface area contributed by atoms with Crippen LogP contribution in [0.1, 0.15) is 44.3 Å². The topological polar surface area (TPSA) is 50.4 Å². The van der Waals surface area contributed by atoms with Crippen molar-refractivity contribution in [3.63, 3.8) is 0 Å². The fraction of sp³-hybridized carbons (Fsp3) is 0.588. The van der Waals surface area contributed by atoms with Gasteiger partial charge < -0.3 is 15.4 Å². The van der Waals surface area contributed by atoms with E-state index in [0.717, 1.165) is 44.3 Å². The summed E-state index contributed by atoms with van der Waals surface area (Å²) in [5.41, 5.74) is 0.965. The number of nitrogens with one attached hydrogen (secondary N) is 2. The smallest absolute Gasteiger partial charge is 0.407 e. The highest BCUT2D eigenvalue weighted by Gasteiger charge is 2.28. The highest BCUT2D eigenvalue weighted by atomic mass is 35.5. The van der Waals surface area contributed by atoms with Gasteiger partial charge in [-0.1, -0.05) is 37.1 Å². The molecule has 2 rings (SSSR count). The summed E-state index contributed by atoms with van der Waals surface area (Å²) >= 11 is 6.10. The lowest BCUT2D eigenvalue weighted by Gasteiger charge is -2.30. The second-order valence-corrected chi connectivity index (χ2v) is 6.20. The lowest BCUT2D eigenvalue weighted by molar-refractivity contribution is 0.0519. The van der Waals surface area contributed by atoms with Crippen molar-refractivity contribution in [3.8, 4) is 0 Å².